The Morgan fingerprint density at radius 1 is 1.62 bits per heavy atom. The number of hydrogen-bond acceptors (Lipinski definition) is 2. The van der Waals surface area contributed by atoms with Gasteiger partial charge in [0.15, 0.2) is 0 Å². The first kappa shape index (κ1) is 7.21. The quantitative estimate of drug-likeness (QED) is 0.402. The summed E-state index contributed by atoms with van der Waals surface area (Å²) in [5.74, 6) is 0. The number of ether oxygens (including phenoxy) is 1. The fourth-order valence-corrected chi connectivity index (χ4v) is 0.317. The van der Waals surface area contributed by atoms with Crippen molar-refractivity contribution in [3.8, 4) is 0 Å². The van der Waals surface area contributed by atoms with Crippen LogP contribution < -0.4 is 0 Å². The maximum absolute atomic E-state index is 9.39. The Morgan fingerprint density at radius 3 is 2.88 bits per heavy atom. The van der Waals surface area contributed by atoms with Gasteiger partial charge in [-0.05, 0) is 6.42 Å². The van der Waals surface area contributed by atoms with Crippen LogP contribution in [0.15, 0.2) is 12.2 Å². The van der Waals surface area contributed by atoms with E-state index in [1.54, 1.807) is 6.08 Å². The third-order valence-corrected chi connectivity index (χ3v) is 0.641. The second kappa shape index (κ2) is 6.21. The van der Waals surface area contributed by atoms with Gasteiger partial charge in [-0.25, -0.2) is 4.79 Å². The highest BCUT2D eigenvalue weighted by atomic mass is 16.5. The van der Waals surface area contributed by atoms with E-state index in [1.165, 1.54) is 6.47 Å². The van der Waals surface area contributed by atoms with Crippen molar-refractivity contribution in [1.29, 1.82) is 0 Å². The van der Waals surface area contributed by atoms with Crippen LogP contribution in [0.2, 0.25) is 0 Å². The summed E-state index contributed by atoms with van der Waals surface area (Å²) < 4.78 is 4.24. The zero-order valence-electron chi connectivity index (χ0n) is 4.89. The molecule has 0 aromatic rings. The molecule has 0 fully saturated rings. The van der Waals surface area contributed by atoms with Crippen LogP contribution in [0.25, 0.3) is 0 Å². The molecule has 1 radical (unpaired) electrons. The van der Waals surface area contributed by atoms with Gasteiger partial charge in [-0.15, -0.1) is 0 Å². The minimum atomic E-state index is 0.345. The molecule has 0 aromatic heterocycles. The van der Waals surface area contributed by atoms with E-state index in [0.717, 1.165) is 6.42 Å². The average Bonchev–Trinajstić information content (AvgIpc) is 1.81. The molecule has 0 unspecified atom stereocenters. The summed E-state index contributed by atoms with van der Waals surface area (Å²) in [6.07, 6.45) is 4.68. The monoisotopic (exact) mass is 113 g/mol. The topological polar surface area (TPSA) is 26.3 Å². The van der Waals surface area contributed by atoms with Crippen molar-refractivity contribution in [1.82, 2.24) is 0 Å². The van der Waals surface area contributed by atoms with Crippen molar-refractivity contribution in [2.45, 2.75) is 13.3 Å². The molecule has 0 aliphatic carbocycles. The third kappa shape index (κ3) is 5.21. The standard InChI is InChI=1S/C6H9O2/c1-2-3-4-5-8-6-7/h3-4H,2,5H2,1H3. The summed E-state index contributed by atoms with van der Waals surface area (Å²) in [5, 5.41) is 0. The molecule has 0 saturated carbocycles. The Balaban J connectivity index is 2.90. The maximum Gasteiger partial charge on any atom is 0.417 e. The SMILES string of the molecule is CCC=CCO[C]=O. The lowest BCUT2D eigenvalue weighted by molar-refractivity contribution is 0.313. The average molecular weight is 113 g/mol. The lowest BCUT2D eigenvalue weighted by atomic mass is 10.4. The molecule has 0 rings (SSSR count). The highest BCUT2D eigenvalue weighted by molar-refractivity contribution is 5.38. The zero-order chi connectivity index (χ0) is 6.24. The van der Waals surface area contributed by atoms with E-state index in [1.807, 2.05) is 13.0 Å². The minimum Gasteiger partial charge on any atom is -0.453 e. The Labute approximate surface area is 49.1 Å². The minimum absolute atomic E-state index is 0.345. The van der Waals surface area contributed by atoms with Crippen LogP contribution in [-0.2, 0) is 9.53 Å². The van der Waals surface area contributed by atoms with Gasteiger partial charge >= 0.3 is 6.47 Å². The van der Waals surface area contributed by atoms with Gasteiger partial charge in [0.25, 0.3) is 0 Å². The predicted molar refractivity (Wildman–Crippen MR) is 31.1 cm³/mol. The van der Waals surface area contributed by atoms with E-state index in [2.05, 4.69) is 4.74 Å². The summed E-state index contributed by atoms with van der Waals surface area (Å²) in [4.78, 5) is 9.39. The number of hydrogen-bond donors (Lipinski definition) is 0. The molecular formula is C6H9O2. The van der Waals surface area contributed by atoms with E-state index >= 15 is 0 Å². The molecule has 0 amide bonds. The van der Waals surface area contributed by atoms with E-state index in [4.69, 9.17) is 0 Å². The molecule has 0 heterocycles. The van der Waals surface area contributed by atoms with Crippen LogP contribution in [0.4, 0.5) is 0 Å². The molecule has 2 nitrogen and oxygen atoms in total. The lowest BCUT2D eigenvalue weighted by Gasteiger charge is -1.84. The van der Waals surface area contributed by atoms with Gasteiger partial charge < -0.3 is 4.74 Å². The summed E-state index contributed by atoms with van der Waals surface area (Å²) in [6.45, 7) is 3.68. The van der Waals surface area contributed by atoms with Gasteiger partial charge in [-0.1, -0.05) is 19.1 Å². The first-order valence-corrected chi connectivity index (χ1v) is 2.55. The fraction of sp³-hybridized carbons (Fsp3) is 0.500. The van der Waals surface area contributed by atoms with Crippen molar-refractivity contribution in [2.24, 2.45) is 0 Å². The molecule has 45 valence electrons. The Morgan fingerprint density at radius 2 is 2.38 bits per heavy atom. The summed E-state index contributed by atoms with van der Waals surface area (Å²) in [5.41, 5.74) is 0. The van der Waals surface area contributed by atoms with Crippen LogP contribution in [0.3, 0.4) is 0 Å². The van der Waals surface area contributed by atoms with Crippen molar-refractivity contribution in [2.75, 3.05) is 6.61 Å². The van der Waals surface area contributed by atoms with E-state index in [-0.39, 0.29) is 0 Å². The molecule has 8 heavy (non-hydrogen) atoms. The fourth-order valence-electron chi connectivity index (χ4n) is 0.317. The summed E-state index contributed by atoms with van der Waals surface area (Å²) in [6, 6.07) is 0. The first-order valence-electron chi connectivity index (χ1n) is 2.55. The number of rotatable bonds is 4. The number of carbonyl (C=O) groups excluding carboxylic acids is 1. The molecular weight excluding hydrogens is 104 g/mol. The van der Waals surface area contributed by atoms with Crippen LogP contribution in [-0.4, -0.2) is 13.1 Å². The van der Waals surface area contributed by atoms with Crippen molar-refractivity contribution in [3.63, 3.8) is 0 Å². The predicted octanol–water partition coefficient (Wildman–Crippen LogP) is 1.04. The van der Waals surface area contributed by atoms with Gasteiger partial charge in [-0.2, -0.15) is 0 Å². The molecule has 0 saturated heterocycles. The zero-order valence-corrected chi connectivity index (χ0v) is 4.89. The van der Waals surface area contributed by atoms with Gasteiger partial charge in [0.05, 0.1) is 0 Å². The normalized spacial score (nSPS) is 9.62. The van der Waals surface area contributed by atoms with Crippen molar-refractivity contribution in [3.05, 3.63) is 12.2 Å². The van der Waals surface area contributed by atoms with Crippen LogP contribution in [0, 0.1) is 0 Å². The smallest absolute Gasteiger partial charge is 0.417 e. The molecule has 0 spiro atoms. The van der Waals surface area contributed by atoms with Crippen molar-refractivity contribution < 1.29 is 9.53 Å². The Kier molecular flexibility index (Phi) is 5.60. The molecule has 0 bridgehead atoms. The van der Waals surface area contributed by atoms with Crippen LogP contribution in [0.1, 0.15) is 13.3 Å². The first-order chi connectivity index (χ1) is 3.91. The molecule has 0 N–H and O–H groups in total. The highest BCUT2D eigenvalue weighted by Gasteiger charge is 1.73. The summed E-state index contributed by atoms with van der Waals surface area (Å²) in [7, 11) is 0. The number of allylic oxidation sites excluding steroid dienone is 1. The van der Waals surface area contributed by atoms with E-state index < -0.39 is 0 Å². The Bertz CT molecular complexity index is 76.6. The molecule has 0 aliphatic heterocycles. The highest BCUT2D eigenvalue weighted by Crippen LogP contribution is 1.78. The third-order valence-electron chi connectivity index (χ3n) is 0.641. The summed E-state index contributed by atoms with van der Waals surface area (Å²) >= 11 is 0. The van der Waals surface area contributed by atoms with Crippen molar-refractivity contribution >= 4 is 6.47 Å². The Hall–Kier alpha value is -0.790. The van der Waals surface area contributed by atoms with Gasteiger partial charge in [0.2, 0.25) is 0 Å². The molecule has 0 aromatic carbocycles. The maximum atomic E-state index is 9.39. The van der Waals surface area contributed by atoms with Crippen LogP contribution in [0.5, 0.6) is 0 Å². The van der Waals surface area contributed by atoms with E-state index in [0.29, 0.717) is 6.61 Å². The van der Waals surface area contributed by atoms with Gasteiger partial charge in [-0.3, -0.25) is 0 Å². The van der Waals surface area contributed by atoms with Crippen LogP contribution >= 0.6 is 0 Å². The molecule has 2 heteroatoms. The van der Waals surface area contributed by atoms with E-state index in [9.17, 15) is 4.79 Å². The second-order valence-corrected chi connectivity index (χ2v) is 1.27. The lowest BCUT2D eigenvalue weighted by Crippen LogP contribution is -1.84. The molecule has 0 atom stereocenters. The van der Waals surface area contributed by atoms with Gasteiger partial charge in [0.1, 0.15) is 6.61 Å². The van der Waals surface area contributed by atoms with Gasteiger partial charge in [0, 0.05) is 0 Å². The largest absolute Gasteiger partial charge is 0.453 e. The molecule has 0 aliphatic rings. The second-order valence-electron chi connectivity index (χ2n) is 1.27.